The van der Waals surface area contributed by atoms with Gasteiger partial charge in [-0.1, -0.05) is 59.6 Å². The molecule has 3 aliphatic rings. The van der Waals surface area contributed by atoms with E-state index in [2.05, 4.69) is 4.90 Å². The molecule has 1 atom stereocenters. The summed E-state index contributed by atoms with van der Waals surface area (Å²) in [6.45, 7) is 4.88. The van der Waals surface area contributed by atoms with Crippen LogP contribution in [0.3, 0.4) is 0 Å². The number of carbonyl (C=O) groups is 3. The van der Waals surface area contributed by atoms with Gasteiger partial charge in [-0.2, -0.15) is 0 Å². The van der Waals surface area contributed by atoms with Crippen molar-refractivity contribution in [2.45, 2.75) is 49.4 Å². The minimum absolute atomic E-state index is 0. The molecule has 0 spiro atoms. The number of aliphatic carboxylic acids is 1. The molecule has 3 heterocycles. The first kappa shape index (κ1) is 41.9. The molecule has 3 N–H and O–H groups in total. The Bertz CT molecular complexity index is 1710. The molecule has 0 radical (unpaired) electrons. The zero-order valence-corrected chi connectivity index (χ0v) is 32.8. The van der Waals surface area contributed by atoms with E-state index in [9.17, 15) is 19.5 Å². The summed E-state index contributed by atoms with van der Waals surface area (Å²) in [5.74, 6) is 0.371. The maximum atomic E-state index is 13.9. The van der Waals surface area contributed by atoms with Gasteiger partial charge < -0.3 is 39.8 Å². The first-order chi connectivity index (χ1) is 25.0. The van der Waals surface area contributed by atoms with Crippen molar-refractivity contribution in [1.29, 1.82) is 0 Å². The molecule has 0 aliphatic carbocycles. The summed E-state index contributed by atoms with van der Waals surface area (Å²) in [6.07, 6.45) is 4.83. The van der Waals surface area contributed by atoms with E-state index in [0.29, 0.717) is 71.9 Å². The van der Waals surface area contributed by atoms with E-state index in [0.717, 1.165) is 56.4 Å². The number of carboxylic acids is 1. The minimum Gasteiger partial charge on any atom is -0.493 e. The van der Waals surface area contributed by atoms with Gasteiger partial charge in [-0.25, -0.2) is 4.79 Å². The highest BCUT2D eigenvalue weighted by molar-refractivity contribution is 6.42. The maximum absolute atomic E-state index is 13.9. The molecule has 3 aliphatic heterocycles. The molecule has 3 fully saturated rings. The van der Waals surface area contributed by atoms with Gasteiger partial charge in [0.2, 0.25) is 5.75 Å². The predicted molar refractivity (Wildman–Crippen MR) is 208 cm³/mol. The Hall–Kier alpha value is -3.90. The molecule has 0 saturated carbocycles. The summed E-state index contributed by atoms with van der Waals surface area (Å²) >= 11 is 12.8. The number of primary amides is 1. The number of halogens is 3. The van der Waals surface area contributed by atoms with Gasteiger partial charge in [0.15, 0.2) is 11.5 Å². The van der Waals surface area contributed by atoms with Crippen LogP contribution in [0.2, 0.25) is 10.0 Å². The van der Waals surface area contributed by atoms with E-state index in [4.69, 9.17) is 43.1 Å². The third-order valence-corrected chi connectivity index (χ3v) is 11.6. The van der Waals surface area contributed by atoms with Gasteiger partial charge in [-0.3, -0.25) is 9.59 Å². The van der Waals surface area contributed by atoms with Gasteiger partial charge in [0.05, 0.1) is 36.8 Å². The van der Waals surface area contributed by atoms with Crippen molar-refractivity contribution < 1.29 is 33.7 Å². The summed E-state index contributed by atoms with van der Waals surface area (Å²) < 4.78 is 16.4. The normalized spacial score (nSPS) is 19.4. The van der Waals surface area contributed by atoms with E-state index in [1.807, 2.05) is 53.4 Å². The molecule has 3 amide bonds. The van der Waals surface area contributed by atoms with Gasteiger partial charge in [-0.15, -0.1) is 12.4 Å². The predicted octanol–water partition coefficient (Wildman–Crippen LogP) is 6.89. The van der Waals surface area contributed by atoms with Crippen LogP contribution in [0, 0.1) is 0 Å². The third kappa shape index (κ3) is 9.25. The molecule has 53 heavy (non-hydrogen) atoms. The monoisotopic (exact) mass is 790 g/mol. The SMILES string of the molecule is COc1cc(C(=O)N2CCC(CCN3CCC(C(=O)O)(c4ccccc4)CC3)(c3ccc(Cl)c(Cl)c3)C2)cc(OC)c1OC.Cl.NC(=O)N1CCCC1. The van der Waals surface area contributed by atoms with Crippen LogP contribution >= 0.6 is 35.6 Å². The van der Waals surface area contributed by atoms with Crippen LogP contribution in [0.4, 0.5) is 4.79 Å². The molecular weight excluding hydrogens is 743 g/mol. The Balaban J connectivity index is 0.000000617. The zero-order chi connectivity index (χ0) is 37.5. The van der Waals surface area contributed by atoms with Crippen molar-refractivity contribution >= 4 is 53.5 Å². The minimum atomic E-state index is -0.879. The number of ether oxygens (including phenoxy) is 3. The molecular formula is C39H49Cl3N4O7. The van der Waals surface area contributed by atoms with Crippen molar-refractivity contribution in [1.82, 2.24) is 14.7 Å². The van der Waals surface area contributed by atoms with Crippen molar-refractivity contribution in [3.05, 3.63) is 87.4 Å². The Kier molecular flexibility index (Phi) is 14.5. The van der Waals surface area contributed by atoms with Crippen LogP contribution in [0.1, 0.15) is 60.0 Å². The van der Waals surface area contributed by atoms with E-state index < -0.39 is 11.4 Å². The highest BCUT2D eigenvalue weighted by Crippen LogP contribution is 2.43. The van der Waals surface area contributed by atoms with Crippen LogP contribution in [-0.2, 0) is 15.6 Å². The van der Waals surface area contributed by atoms with E-state index in [1.54, 1.807) is 17.0 Å². The van der Waals surface area contributed by atoms with Crippen LogP contribution in [0.5, 0.6) is 17.2 Å². The number of urea groups is 1. The van der Waals surface area contributed by atoms with Gasteiger partial charge in [0.1, 0.15) is 0 Å². The number of nitrogens with two attached hydrogens (primary N) is 1. The first-order valence-corrected chi connectivity index (χ1v) is 18.3. The van der Waals surface area contributed by atoms with Crippen LogP contribution in [0.15, 0.2) is 60.7 Å². The molecule has 6 rings (SSSR count). The summed E-state index contributed by atoms with van der Waals surface area (Å²) in [7, 11) is 4.58. The van der Waals surface area contributed by atoms with Gasteiger partial charge in [0, 0.05) is 37.2 Å². The lowest BCUT2D eigenvalue weighted by Crippen LogP contribution is -2.48. The number of carboxylic acid groups (broad SMARTS) is 1. The lowest BCUT2D eigenvalue weighted by molar-refractivity contribution is -0.146. The third-order valence-electron chi connectivity index (χ3n) is 10.9. The number of amides is 3. The summed E-state index contributed by atoms with van der Waals surface area (Å²) in [6, 6.07) is 18.4. The number of rotatable bonds is 10. The number of piperidine rings is 1. The number of benzene rings is 3. The summed E-state index contributed by atoms with van der Waals surface area (Å²) in [5.41, 5.74) is 6.09. The van der Waals surface area contributed by atoms with Gasteiger partial charge >= 0.3 is 12.0 Å². The van der Waals surface area contributed by atoms with Crippen molar-refractivity contribution in [3.8, 4) is 17.2 Å². The molecule has 3 aromatic rings. The summed E-state index contributed by atoms with van der Waals surface area (Å²) in [4.78, 5) is 42.6. The Morgan fingerprint density at radius 3 is 1.91 bits per heavy atom. The van der Waals surface area contributed by atoms with E-state index in [-0.39, 0.29) is 29.8 Å². The van der Waals surface area contributed by atoms with E-state index >= 15 is 0 Å². The maximum Gasteiger partial charge on any atom is 0.314 e. The fourth-order valence-corrected chi connectivity index (χ4v) is 7.99. The average Bonchev–Trinajstić information content (AvgIpc) is 3.87. The molecule has 0 aromatic heterocycles. The van der Waals surface area contributed by atoms with Crippen LogP contribution < -0.4 is 19.9 Å². The molecule has 0 bridgehead atoms. The van der Waals surface area contributed by atoms with Gasteiger partial charge in [0.25, 0.3) is 5.91 Å². The first-order valence-electron chi connectivity index (χ1n) is 17.6. The molecule has 288 valence electrons. The smallest absolute Gasteiger partial charge is 0.314 e. The largest absolute Gasteiger partial charge is 0.493 e. The molecule has 14 heteroatoms. The number of likely N-dealkylation sites (tertiary alicyclic amines) is 3. The number of hydrogen-bond acceptors (Lipinski definition) is 7. The quantitative estimate of drug-likeness (QED) is 0.227. The molecule has 3 aromatic carbocycles. The number of carbonyl (C=O) groups excluding carboxylic acids is 2. The highest BCUT2D eigenvalue weighted by atomic mass is 35.5. The molecule has 1 unspecified atom stereocenters. The Labute approximate surface area is 327 Å². The van der Waals surface area contributed by atoms with Crippen molar-refractivity contribution in [2.75, 3.05) is 67.1 Å². The summed E-state index contributed by atoms with van der Waals surface area (Å²) in [5, 5.41) is 11.2. The standard InChI is InChI=1S/C34H38Cl2N2O6.C5H10N2O.ClH/c1-42-28-19-23(20-29(43-2)30(28)44-3)31(39)38-18-12-33(22-38,25-9-10-26(35)27(36)21-25)11-15-37-16-13-34(14-17-37,32(40)41)24-7-5-4-6-8-24;6-5(8)7-3-1-2-4-7;/h4-10,19-21H,11-18,22H2,1-3H3,(H,40,41);1-4H2,(H2,6,8);1H. The number of nitrogens with zero attached hydrogens (tertiary/aromatic N) is 3. The van der Waals surface area contributed by atoms with Crippen LogP contribution in [0.25, 0.3) is 0 Å². The zero-order valence-electron chi connectivity index (χ0n) is 30.4. The van der Waals surface area contributed by atoms with Crippen molar-refractivity contribution in [2.24, 2.45) is 5.73 Å². The van der Waals surface area contributed by atoms with E-state index in [1.165, 1.54) is 21.3 Å². The number of hydrogen-bond donors (Lipinski definition) is 2. The second kappa shape index (κ2) is 18.4. The van der Waals surface area contributed by atoms with Crippen LogP contribution in [-0.4, -0.2) is 105 Å². The average molecular weight is 792 g/mol. The van der Waals surface area contributed by atoms with Gasteiger partial charge in [-0.05, 0) is 93.6 Å². The fourth-order valence-electron chi connectivity index (χ4n) is 7.69. The Morgan fingerprint density at radius 1 is 0.774 bits per heavy atom. The lowest BCUT2D eigenvalue weighted by atomic mass is 9.72. The highest BCUT2D eigenvalue weighted by Gasteiger charge is 2.45. The second-order valence-corrected chi connectivity index (χ2v) is 14.5. The molecule has 3 saturated heterocycles. The second-order valence-electron chi connectivity index (χ2n) is 13.7. The lowest BCUT2D eigenvalue weighted by Gasteiger charge is -2.40. The Morgan fingerprint density at radius 2 is 1.40 bits per heavy atom. The number of methoxy groups -OCH3 is 3. The topological polar surface area (TPSA) is 135 Å². The molecule has 11 nitrogen and oxygen atoms in total. The fraction of sp³-hybridized carbons (Fsp3) is 0.462. The van der Waals surface area contributed by atoms with Crippen molar-refractivity contribution in [3.63, 3.8) is 0 Å².